The van der Waals surface area contributed by atoms with Crippen LogP contribution in [-0.4, -0.2) is 69.8 Å². The highest BCUT2D eigenvalue weighted by Gasteiger charge is 2.48. The van der Waals surface area contributed by atoms with Crippen molar-refractivity contribution < 1.29 is 15.0 Å². The fraction of sp³-hybridized carbons (Fsp3) is 0.900. The largest absolute Gasteiger partial charge is 0.392 e. The fourth-order valence-electron chi connectivity index (χ4n) is 3.14. The number of hydrogen-bond donors (Lipinski definition) is 2. The van der Waals surface area contributed by atoms with E-state index in [4.69, 9.17) is 0 Å². The van der Waals surface area contributed by atoms with Crippen LogP contribution in [0.2, 0.25) is 0 Å². The van der Waals surface area contributed by atoms with Gasteiger partial charge in [-0.2, -0.15) is 0 Å². The van der Waals surface area contributed by atoms with Gasteiger partial charge < -0.3 is 15.1 Å². The molecule has 5 heteroatoms. The molecule has 5 nitrogen and oxygen atoms in total. The zero-order valence-electron chi connectivity index (χ0n) is 8.54. The number of aliphatic hydroxyl groups is 2. The minimum Gasteiger partial charge on any atom is -0.392 e. The van der Waals surface area contributed by atoms with E-state index in [-0.39, 0.29) is 30.2 Å². The molecule has 0 spiro atoms. The van der Waals surface area contributed by atoms with Gasteiger partial charge in [0.2, 0.25) is 5.91 Å². The molecule has 4 atom stereocenters. The summed E-state index contributed by atoms with van der Waals surface area (Å²) in [6.07, 6.45) is 0.524. The number of carbonyl (C=O) groups is 1. The van der Waals surface area contributed by atoms with Crippen LogP contribution >= 0.6 is 0 Å². The zero-order chi connectivity index (χ0) is 10.6. The molecular formula is C10H16N2O3. The maximum atomic E-state index is 12.0. The number of nitrogens with zero attached hydrogens (tertiary/aromatic N) is 2. The van der Waals surface area contributed by atoms with E-state index in [9.17, 15) is 15.0 Å². The highest BCUT2D eigenvalue weighted by atomic mass is 16.3. The summed E-state index contributed by atoms with van der Waals surface area (Å²) in [6, 6.07) is 0.0237. The molecule has 0 aromatic rings. The summed E-state index contributed by atoms with van der Waals surface area (Å²) >= 11 is 0. The van der Waals surface area contributed by atoms with Gasteiger partial charge in [-0.1, -0.05) is 0 Å². The van der Waals surface area contributed by atoms with Gasteiger partial charge in [-0.05, 0) is 12.8 Å². The van der Waals surface area contributed by atoms with Gasteiger partial charge in [0.25, 0.3) is 0 Å². The second kappa shape index (κ2) is 3.17. The van der Waals surface area contributed by atoms with Crippen LogP contribution < -0.4 is 0 Å². The number of hydrogen-bond acceptors (Lipinski definition) is 4. The predicted octanol–water partition coefficient (Wildman–Crippen LogP) is -1.60. The van der Waals surface area contributed by atoms with Gasteiger partial charge in [0, 0.05) is 25.7 Å². The van der Waals surface area contributed by atoms with Gasteiger partial charge in [0.15, 0.2) is 0 Å². The first kappa shape index (κ1) is 9.57. The molecule has 0 radical (unpaired) electrons. The molecule has 3 heterocycles. The summed E-state index contributed by atoms with van der Waals surface area (Å²) in [5.41, 5.74) is 0. The third-order valence-corrected chi connectivity index (χ3v) is 3.79. The minimum absolute atomic E-state index is 0.0966. The molecule has 0 aromatic heterocycles. The number of amides is 1. The van der Waals surface area contributed by atoms with Gasteiger partial charge in [-0.25, -0.2) is 0 Å². The molecular weight excluding hydrogens is 196 g/mol. The Hall–Kier alpha value is -0.650. The predicted molar refractivity (Wildman–Crippen MR) is 52.1 cm³/mol. The van der Waals surface area contributed by atoms with E-state index in [1.807, 2.05) is 0 Å². The topological polar surface area (TPSA) is 64.0 Å². The summed E-state index contributed by atoms with van der Waals surface area (Å²) in [5, 5.41) is 19.1. The first-order chi connectivity index (χ1) is 7.15. The smallest absolute Gasteiger partial charge is 0.240 e. The quantitative estimate of drug-likeness (QED) is 0.507. The van der Waals surface area contributed by atoms with Crippen LogP contribution in [0.4, 0.5) is 0 Å². The van der Waals surface area contributed by atoms with Crippen LogP contribution in [0.1, 0.15) is 12.8 Å². The second-order valence-corrected chi connectivity index (χ2v) is 4.89. The first-order valence-electron chi connectivity index (χ1n) is 5.56. The third kappa shape index (κ3) is 1.38. The molecule has 0 aliphatic carbocycles. The highest BCUT2D eigenvalue weighted by Crippen LogP contribution is 2.31. The summed E-state index contributed by atoms with van der Waals surface area (Å²) in [5.74, 6) is 0.0966. The Morgan fingerprint density at radius 3 is 2.60 bits per heavy atom. The molecule has 1 amide bonds. The summed E-state index contributed by atoms with van der Waals surface area (Å²) < 4.78 is 0. The molecule has 3 rings (SSSR count). The van der Waals surface area contributed by atoms with Crippen molar-refractivity contribution in [3.8, 4) is 0 Å². The van der Waals surface area contributed by atoms with Crippen molar-refractivity contribution >= 4 is 5.91 Å². The highest BCUT2D eigenvalue weighted by molar-refractivity contribution is 5.84. The molecule has 0 unspecified atom stereocenters. The standard InChI is InChI=1S/C10H16N2O3/c13-7-1-6-3-11-4-8(14)2-9(11)10(15)12(6)5-7/h6-9,13-14H,1-5H2/t6-,7+,8+,9-/m0/s1. The van der Waals surface area contributed by atoms with Gasteiger partial charge in [-0.15, -0.1) is 0 Å². The molecule has 3 aliphatic rings. The Balaban J connectivity index is 1.82. The molecule has 15 heavy (non-hydrogen) atoms. The van der Waals surface area contributed by atoms with Crippen LogP contribution in [-0.2, 0) is 4.79 Å². The van der Waals surface area contributed by atoms with Crippen LogP contribution in [0.5, 0.6) is 0 Å². The summed E-state index contributed by atoms with van der Waals surface area (Å²) in [6.45, 7) is 1.89. The fourth-order valence-corrected chi connectivity index (χ4v) is 3.14. The second-order valence-electron chi connectivity index (χ2n) is 4.89. The Bertz CT molecular complexity index is 270. The molecule has 0 aromatic carbocycles. The maximum Gasteiger partial charge on any atom is 0.240 e. The van der Waals surface area contributed by atoms with Crippen LogP contribution in [0.3, 0.4) is 0 Å². The lowest BCUT2D eigenvalue weighted by molar-refractivity contribution is -0.142. The van der Waals surface area contributed by atoms with Gasteiger partial charge in [0.05, 0.1) is 18.2 Å². The normalized spacial score (nSPS) is 45.7. The van der Waals surface area contributed by atoms with E-state index in [1.54, 1.807) is 4.90 Å². The van der Waals surface area contributed by atoms with Crippen molar-refractivity contribution in [1.82, 2.24) is 9.80 Å². The van der Waals surface area contributed by atoms with E-state index >= 15 is 0 Å². The lowest BCUT2D eigenvalue weighted by atomic mass is 10.1. The number of fused-ring (bicyclic) bond motifs is 2. The zero-order valence-corrected chi connectivity index (χ0v) is 8.54. The molecule has 3 aliphatic heterocycles. The van der Waals surface area contributed by atoms with Gasteiger partial charge >= 0.3 is 0 Å². The number of rotatable bonds is 0. The Kier molecular flexibility index (Phi) is 2.02. The van der Waals surface area contributed by atoms with E-state index in [0.717, 1.165) is 6.54 Å². The molecule has 3 saturated heterocycles. The van der Waals surface area contributed by atoms with Crippen molar-refractivity contribution in [3.63, 3.8) is 0 Å². The Morgan fingerprint density at radius 1 is 1.07 bits per heavy atom. The SMILES string of the molecule is O=C1[C@@H]2C[C@@H](O)CN2C[C@@H]2C[C@@H](O)CN12. The van der Waals surface area contributed by atoms with Crippen molar-refractivity contribution in [1.29, 1.82) is 0 Å². The monoisotopic (exact) mass is 212 g/mol. The van der Waals surface area contributed by atoms with E-state index in [2.05, 4.69) is 4.90 Å². The van der Waals surface area contributed by atoms with Crippen molar-refractivity contribution in [2.75, 3.05) is 19.6 Å². The molecule has 2 N–H and O–H groups in total. The lowest BCUT2D eigenvalue weighted by Gasteiger charge is -2.38. The number of piperazine rings is 1. The van der Waals surface area contributed by atoms with Crippen molar-refractivity contribution in [2.45, 2.75) is 37.1 Å². The van der Waals surface area contributed by atoms with E-state index in [0.29, 0.717) is 25.9 Å². The summed E-state index contributed by atoms with van der Waals surface area (Å²) in [4.78, 5) is 15.9. The van der Waals surface area contributed by atoms with Crippen LogP contribution in [0.25, 0.3) is 0 Å². The van der Waals surface area contributed by atoms with Crippen molar-refractivity contribution in [3.05, 3.63) is 0 Å². The number of aliphatic hydroxyl groups excluding tert-OH is 2. The molecule has 0 saturated carbocycles. The Morgan fingerprint density at radius 2 is 1.80 bits per heavy atom. The Labute approximate surface area is 88.3 Å². The van der Waals surface area contributed by atoms with Gasteiger partial charge in [-0.3, -0.25) is 9.69 Å². The minimum atomic E-state index is -0.358. The molecule has 3 fully saturated rings. The average molecular weight is 212 g/mol. The summed E-state index contributed by atoms with van der Waals surface area (Å²) in [7, 11) is 0. The number of carbonyl (C=O) groups excluding carboxylic acids is 1. The average Bonchev–Trinajstić information content (AvgIpc) is 2.69. The van der Waals surface area contributed by atoms with Crippen LogP contribution in [0.15, 0.2) is 0 Å². The van der Waals surface area contributed by atoms with E-state index < -0.39 is 0 Å². The first-order valence-corrected chi connectivity index (χ1v) is 5.56. The van der Waals surface area contributed by atoms with Crippen LogP contribution in [0, 0.1) is 0 Å². The molecule has 84 valence electrons. The lowest BCUT2D eigenvalue weighted by Crippen LogP contribution is -2.57. The third-order valence-electron chi connectivity index (χ3n) is 3.79. The van der Waals surface area contributed by atoms with E-state index in [1.165, 1.54) is 0 Å². The maximum absolute atomic E-state index is 12.0. The van der Waals surface area contributed by atoms with Crippen molar-refractivity contribution in [2.24, 2.45) is 0 Å². The molecule has 0 bridgehead atoms. The van der Waals surface area contributed by atoms with Gasteiger partial charge in [0.1, 0.15) is 0 Å².